The molecule has 2 N–H and O–H groups in total. The average molecular weight is 519 g/mol. The molecule has 156 valence electrons. The van der Waals surface area contributed by atoms with Crippen molar-refractivity contribution in [3.05, 3.63) is 40.1 Å². The largest absolute Gasteiger partial charge is 0.493 e. The number of aliphatic imine (C=N–C) groups is 1. The van der Waals surface area contributed by atoms with Crippen LogP contribution in [0.2, 0.25) is 0 Å². The molecule has 0 spiro atoms. The number of hydrogen-bond donors (Lipinski definition) is 2. The fraction of sp³-hybridized carbons (Fsp3) is 0.450. The van der Waals surface area contributed by atoms with Crippen molar-refractivity contribution >= 4 is 41.3 Å². The van der Waals surface area contributed by atoms with E-state index >= 15 is 0 Å². The van der Waals surface area contributed by atoms with Crippen LogP contribution in [-0.2, 0) is 6.54 Å². The van der Waals surface area contributed by atoms with E-state index in [4.69, 9.17) is 19.2 Å². The molecule has 0 fully saturated rings. The highest BCUT2D eigenvalue weighted by molar-refractivity contribution is 14.0. The van der Waals surface area contributed by atoms with E-state index in [9.17, 15) is 0 Å². The SMILES string of the molecule is CCNC(=NCc1ccc(OC)c(OC)c1OC)NCC(C)c1ccsc1.I. The number of ether oxygens (including phenoxy) is 3. The van der Waals surface area contributed by atoms with Gasteiger partial charge in [-0.2, -0.15) is 11.3 Å². The van der Waals surface area contributed by atoms with Crippen molar-refractivity contribution in [1.82, 2.24) is 10.6 Å². The molecule has 1 aromatic heterocycles. The second kappa shape index (κ2) is 12.7. The summed E-state index contributed by atoms with van der Waals surface area (Å²) in [6.45, 7) is 6.32. The van der Waals surface area contributed by atoms with Gasteiger partial charge in [-0.25, -0.2) is 4.99 Å². The number of thiophene rings is 1. The molecular weight excluding hydrogens is 489 g/mol. The topological polar surface area (TPSA) is 64.1 Å². The molecule has 0 aliphatic heterocycles. The average Bonchev–Trinajstić information content (AvgIpc) is 3.23. The van der Waals surface area contributed by atoms with Crippen LogP contribution in [0.1, 0.15) is 30.9 Å². The number of hydrogen-bond acceptors (Lipinski definition) is 5. The van der Waals surface area contributed by atoms with Crippen LogP contribution in [0, 0.1) is 0 Å². The van der Waals surface area contributed by atoms with Gasteiger partial charge in [-0.1, -0.05) is 6.92 Å². The minimum atomic E-state index is 0. The molecule has 8 heteroatoms. The maximum absolute atomic E-state index is 5.54. The number of rotatable bonds is 9. The molecule has 2 rings (SSSR count). The molecule has 0 radical (unpaired) electrons. The Morgan fingerprint density at radius 3 is 2.39 bits per heavy atom. The third kappa shape index (κ3) is 6.44. The molecule has 6 nitrogen and oxygen atoms in total. The summed E-state index contributed by atoms with van der Waals surface area (Å²) < 4.78 is 16.3. The normalized spacial score (nSPS) is 12.0. The zero-order valence-electron chi connectivity index (χ0n) is 17.1. The number of nitrogens with zero attached hydrogens (tertiary/aromatic N) is 1. The zero-order valence-corrected chi connectivity index (χ0v) is 20.2. The Kier molecular flexibility index (Phi) is 11.1. The first kappa shape index (κ1) is 24.4. The Morgan fingerprint density at radius 2 is 1.82 bits per heavy atom. The van der Waals surface area contributed by atoms with E-state index in [0.717, 1.165) is 24.6 Å². The lowest BCUT2D eigenvalue weighted by Gasteiger charge is -2.17. The van der Waals surface area contributed by atoms with Gasteiger partial charge in [0.15, 0.2) is 17.5 Å². The van der Waals surface area contributed by atoms with Crippen LogP contribution >= 0.6 is 35.3 Å². The van der Waals surface area contributed by atoms with Gasteiger partial charge in [0.1, 0.15) is 0 Å². The Hall–Kier alpha value is -1.68. The van der Waals surface area contributed by atoms with Gasteiger partial charge >= 0.3 is 0 Å². The summed E-state index contributed by atoms with van der Waals surface area (Å²) in [5, 5.41) is 11.0. The van der Waals surface area contributed by atoms with Crippen molar-refractivity contribution in [1.29, 1.82) is 0 Å². The first-order chi connectivity index (χ1) is 13.1. The molecule has 0 aliphatic carbocycles. The number of methoxy groups -OCH3 is 3. The highest BCUT2D eigenvalue weighted by Crippen LogP contribution is 2.39. The maximum Gasteiger partial charge on any atom is 0.203 e. The summed E-state index contributed by atoms with van der Waals surface area (Å²) in [4.78, 5) is 4.70. The Labute approximate surface area is 188 Å². The van der Waals surface area contributed by atoms with Crippen LogP contribution in [0.4, 0.5) is 0 Å². The van der Waals surface area contributed by atoms with E-state index in [2.05, 4.69) is 41.3 Å². The van der Waals surface area contributed by atoms with Gasteiger partial charge in [-0.05, 0) is 47.4 Å². The van der Waals surface area contributed by atoms with Crippen molar-refractivity contribution in [2.45, 2.75) is 26.3 Å². The highest BCUT2D eigenvalue weighted by atomic mass is 127. The summed E-state index contributed by atoms with van der Waals surface area (Å²) in [6.07, 6.45) is 0. The smallest absolute Gasteiger partial charge is 0.203 e. The monoisotopic (exact) mass is 519 g/mol. The fourth-order valence-corrected chi connectivity index (χ4v) is 3.50. The molecule has 28 heavy (non-hydrogen) atoms. The quantitative estimate of drug-likeness (QED) is 0.295. The van der Waals surface area contributed by atoms with Gasteiger partial charge < -0.3 is 24.8 Å². The molecule has 0 bridgehead atoms. The number of nitrogens with one attached hydrogen (secondary N) is 2. The molecule has 0 amide bonds. The van der Waals surface area contributed by atoms with Gasteiger partial charge in [0.05, 0.1) is 27.9 Å². The van der Waals surface area contributed by atoms with E-state index in [1.165, 1.54) is 5.56 Å². The van der Waals surface area contributed by atoms with Crippen LogP contribution in [0.5, 0.6) is 17.2 Å². The number of guanidine groups is 1. The Bertz CT molecular complexity index is 739. The second-order valence-corrected chi connectivity index (χ2v) is 6.81. The van der Waals surface area contributed by atoms with E-state index < -0.39 is 0 Å². The molecule has 1 heterocycles. The van der Waals surface area contributed by atoms with Crippen molar-refractivity contribution in [2.24, 2.45) is 4.99 Å². The Balaban J connectivity index is 0.00000392. The lowest BCUT2D eigenvalue weighted by Crippen LogP contribution is -2.39. The number of halogens is 1. The van der Waals surface area contributed by atoms with Crippen LogP contribution in [0.3, 0.4) is 0 Å². The first-order valence-electron chi connectivity index (χ1n) is 8.96. The van der Waals surface area contributed by atoms with Crippen molar-refractivity contribution in [3.8, 4) is 17.2 Å². The standard InChI is InChI=1S/C20H29N3O3S.HI/c1-6-21-20(22-11-14(2)16-9-10-27-13-16)23-12-15-7-8-17(24-3)19(26-5)18(15)25-4;/h7-10,13-14H,6,11-12H2,1-5H3,(H2,21,22,23);1H. The Morgan fingerprint density at radius 1 is 1.07 bits per heavy atom. The van der Waals surface area contributed by atoms with Crippen molar-refractivity contribution in [3.63, 3.8) is 0 Å². The predicted octanol–water partition coefficient (Wildman–Crippen LogP) is 4.25. The van der Waals surface area contributed by atoms with Crippen LogP contribution < -0.4 is 24.8 Å². The van der Waals surface area contributed by atoms with Gasteiger partial charge in [0, 0.05) is 18.7 Å². The summed E-state index contributed by atoms with van der Waals surface area (Å²) in [7, 11) is 4.83. The molecule has 0 saturated heterocycles. The summed E-state index contributed by atoms with van der Waals surface area (Å²) >= 11 is 1.72. The zero-order chi connectivity index (χ0) is 19.6. The van der Waals surface area contributed by atoms with Gasteiger partial charge in [0.25, 0.3) is 0 Å². The third-order valence-corrected chi connectivity index (χ3v) is 4.93. The van der Waals surface area contributed by atoms with Crippen LogP contribution in [0.25, 0.3) is 0 Å². The summed E-state index contributed by atoms with van der Waals surface area (Å²) in [6, 6.07) is 5.97. The third-order valence-electron chi connectivity index (χ3n) is 4.23. The van der Waals surface area contributed by atoms with E-state index in [1.807, 2.05) is 12.1 Å². The predicted molar refractivity (Wildman–Crippen MR) is 127 cm³/mol. The highest BCUT2D eigenvalue weighted by Gasteiger charge is 2.15. The second-order valence-electron chi connectivity index (χ2n) is 6.03. The van der Waals surface area contributed by atoms with Crippen LogP contribution in [0.15, 0.2) is 34.0 Å². The molecule has 2 aromatic rings. The minimum Gasteiger partial charge on any atom is -0.493 e. The van der Waals surface area contributed by atoms with Crippen LogP contribution in [-0.4, -0.2) is 40.4 Å². The summed E-state index contributed by atoms with van der Waals surface area (Å²) in [5.74, 6) is 3.05. The maximum atomic E-state index is 5.54. The van der Waals surface area contributed by atoms with E-state index in [1.54, 1.807) is 32.7 Å². The van der Waals surface area contributed by atoms with Crippen molar-refractivity contribution < 1.29 is 14.2 Å². The van der Waals surface area contributed by atoms with Crippen molar-refractivity contribution in [2.75, 3.05) is 34.4 Å². The van der Waals surface area contributed by atoms with E-state index in [0.29, 0.717) is 29.7 Å². The molecule has 0 aliphatic rings. The molecular formula is C20H30IN3O3S. The summed E-state index contributed by atoms with van der Waals surface area (Å²) in [5.41, 5.74) is 2.27. The molecule has 1 aromatic carbocycles. The van der Waals surface area contributed by atoms with Gasteiger partial charge in [-0.3, -0.25) is 0 Å². The first-order valence-corrected chi connectivity index (χ1v) is 9.90. The van der Waals surface area contributed by atoms with Gasteiger partial charge in [0.2, 0.25) is 5.75 Å². The molecule has 0 saturated carbocycles. The molecule has 1 unspecified atom stereocenters. The lowest BCUT2D eigenvalue weighted by molar-refractivity contribution is 0.322. The number of benzene rings is 1. The molecule has 1 atom stereocenters. The van der Waals surface area contributed by atoms with E-state index in [-0.39, 0.29) is 24.0 Å². The fourth-order valence-electron chi connectivity index (χ4n) is 2.72. The lowest BCUT2D eigenvalue weighted by atomic mass is 10.1. The minimum absolute atomic E-state index is 0. The van der Waals surface area contributed by atoms with Gasteiger partial charge in [-0.15, -0.1) is 24.0 Å².